The molecular weight excluding hydrogens is 284 g/mol. The van der Waals surface area contributed by atoms with Crippen LogP contribution in [0.1, 0.15) is 4.88 Å². The summed E-state index contributed by atoms with van der Waals surface area (Å²) in [5.41, 5.74) is 0. The first kappa shape index (κ1) is 13.9. The zero-order valence-corrected chi connectivity index (χ0v) is 12.3. The van der Waals surface area contributed by atoms with Gasteiger partial charge in [-0.25, -0.2) is 0 Å². The van der Waals surface area contributed by atoms with Crippen LogP contribution in [0.15, 0.2) is 54.6 Å². The number of para-hydroxylation sites is 2. The lowest BCUT2D eigenvalue weighted by atomic mass is 10.2. The van der Waals surface area contributed by atoms with Gasteiger partial charge in [-0.05, 0) is 29.7 Å². The number of benzene rings is 2. The van der Waals surface area contributed by atoms with Crippen LogP contribution in [0.4, 0.5) is 0 Å². The van der Waals surface area contributed by atoms with Gasteiger partial charge in [0.2, 0.25) is 0 Å². The maximum atomic E-state index is 8.84. The van der Waals surface area contributed by atoms with Crippen molar-refractivity contribution in [2.75, 3.05) is 13.2 Å². The number of aliphatic hydroxyl groups is 1. The molecule has 0 spiro atoms. The van der Waals surface area contributed by atoms with Gasteiger partial charge in [-0.3, -0.25) is 0 Å². The molecule has 3 aromatic rings. The third-order valence-corrected chi connectivity index (χ3v) is 4.13. The topological polar surface area (TPSA) is 38.7 Å². The first-order valence-electron chi connectivity index (χ1n) is 6.80. The van der Waals surface area contributed by atoms with Gasteiger partial charge >= 0.3 is 0 Å². The van der Waals surface area contributed by atoms with Crippen molar-refractivity contribution >= 4 is 21.4 Å². The Morgan fingerprint density at radius 1 is 0.905 bits per heavy atom. The molecule has 108 valence electrons. The monoisotopic (exact) mass is 300 g/mol. The predicted octanol–water partition coefficient (Wildman–Crippen LogP) is 3.85. The molecule has 0 aliphatic rings. The van der Waals surface area contributed by atoms with Crippen LogP contribution in [0.25, 0.3) is 10.1 Å². The van der Waals surface area contributed by atoms with Crippen molar-refractivity contribution in [1.82, 2.24) is 0 Å². The minimum atomic E-state index is -0.00928. The molecule has 2 aromatic carbocycles. The van der Waals surface area contributed by atoms with Crippen LogP contribution in [0, 0.1) is 0 Å². The van der Waals surface area contributed by atoms with Crippen molar-refractivity contribution in [2.45, 2.75) is 6.61 Å². The van der Waals surface area contributed by atoms with Crippen molar-refractivity contribution in [3.63, 3.8) is 0 Å². The van der Waals surface area contributed by atoms with Gasteiger partial charge in [0.1, 0.15) is 13.2 Å². The highest BCUT2D eigenvalue weighted by Crippen LogP contribution is 2.30. The van der Waals surface area contributed by atoms with Crippen molar-refractivity contribution in [3.8, 4) is 11.5 Å². The molecule has 0 fully saturated rings. The Morgan fingerprint density at radius 3 is 2.38 bits per heavy atom. The van der Waals surface area contributed by atoms with Crippen molar-refractivity contribution in [2.24, 2.45) is 0 Å². The molecule has 21 heavy (non-hydrogen) atoms. The fourth-order valence-corrected chi connectivity index (χ4v) is 3.08. The van der Waals surface area contributed by atoms with E-state index in [0.29, 0.717) is 18.1 Å². The molecule has 4 heteroatoms. The summed E-state index contributed by atoms with van der Waals surface area (Å²) in [7, 11) is 0. The van der Waals surface area contributed by atoms with E-state index >= 15 is 0 Å². The molecule has 1 aromatic heterocycles. The second-order valence-corrected chi connectivity index (χ2v) is 5.73. The largest absolute Gasteiger partial charge is 0.487 e. The number of aliphatic hydroxyl groups excluding tert-OH is 1. The maximum Gasteiger partial charge on any atom is 0.161 e. The van der Waals surface area contributed by atoms with Crippen LogP contribution in [0.5, 0.6) is 11.5 Å². The molecular formula is C17H16O3S. The SMILES string of the molecule is OCCOc1ccccc1OCc1cc2ccccc2s1. The third kappa shape index (κ3) is 3.35. The van der Waals surface area contributed by atoms with Gasteiger partial charge in [-0.15, -0.1) is 11.3 Å². The summed E-state index contributed by atoms with van der Waals surface area (Å²) in [6.45, 7) is 0.771. The van der Waals surface area contributed by atoms with Crippen molar-refractivity contribution in [1.29, 1.82) is 0 Å². The minimum Gasteiger partial charge on any atom is -0.487 e. The van der Waals surface area contributed by atoms with Crippen molar-refractivity contribution in [3.05, 3.63) is 59.5 Å². The molecule has 0 amide bonds. The average molecular weight is 300 g/mol. The molecule has 0 unspecified atom stereocenters. The first-order valence-corrected chi connectivity index (χ1v) is 7.61. The third-order valence-electron chi connectivity index (χ3n) is 3.04. The molecule has 0 atom stereocenters. The molecule has 0 saturated heterocycles. The van der Waals surface area contributed by atoms with E-state index in [9.17, 15) is 0 Å². The second-order valence-electron chi connectivity index (χ2n) is 4.56. The van der Waals surface area contributed by atoms with Crippen molar-refractivity contribution < 1.29 is 14.6 Å². The van der Waals surface area contributed by atoms with E-state index in [4.69, 9.17) is 14.6 Å². The number of hydrogen-bond acceptors (Lipinski definition) is 4. The maximum absolute atomic E-state index is 8.84. The first-order chi connectivity index (χ1) is 10.4. The zero-order chi connectivity index (χ0) is 14.5. The van der Waals surface area contributed by atoms with Crippen LogP contribution in [0.2, 0.25) is 0 Å². The van der Waals surface area contributed by atoms with E-state index in [1.165, 1.54) is 15.0 Å². The molecule has 0 aliphatic heterocycles. The highest BCUT2D eigenvalue weighted by atomic mass is 32.1. The highest BCUT2D eigenvalue weighted by Gasteiger charge is 2.06. The summed E-state index contributed by atoms with van der Waals surface area (Å²) in [5, 5.41) is 10.1. The van der Waals surface area contributed by atoms with Crippen LogP contribution in [-0.2, 0) is 6.61 Å². The lowest BCUT2D eigenvalue weighted by Crippen LogP contribution is -2.03. The smallest absolute Gasteiger partial charge is 0.161 e. The molecule has 1 N–H and O–H groups in total. The predicted molar refractivity (Wildman–Crippen MR) is 85.2 cm³/mol. The van der Waals surface area contributed by atoms with Gasteiger partial charge in [0, 0.05) is 9.58 Å². The average Bonchev–Trinajstić information content (AvgIpc) is 2.94. The molecule has 0 bridgehead atoms. The summed E-state index contributed by atoms with van der Waals surface area (Å²) in [5.74, 6) is 1.36. The Balaban J connectivity index is 1.72. The number of thiophene rings is 1. The van der Waals surface area contributed by atoms with Gasteiger partial charge in [0.05, 0.1) is 6.61 Å². The molecule has 0 aliphatic carbocycles. The van der Waals surface area contributed by atoms with E-state index in [0.717, 1.165) is 0 Å². The lowest BCUT2D eigenvalue weighted by Gasteiger charge is -2.11. The number of fused-ring (bicyclic) bond motifs is 1. The summed E-state index contributed by atoms with van der Waals surface area (Å²) >= 11 is 1.73. The molecule has 0 saturated carbocycles. The number of hydrogen-bond donors (Lipinski definition) is 1. The quantitative estimate of drug-likeness (QED) is 0.751. The Kier molecular flexibility index (Phi) is 4.38. The van der Waals surface area contributed by atoms with E-state index in [-0.39, 0.29) is 13.2 Å². The normalized spacial score (nSPS) is 10.7. The number of ether oxygens (including phenoxy) is 2. The fourth-order valence-electron chi connectivity index (χ4n) is 2.10. The fraction of sp³-hybridized carbons (Fsp3) is 0.176. The molecule has 0 radical (unpaired) electrons. The summed E-state index contributed by atoms with van der Waals surface area (Å²) in [6, 6.07) is 18.0. The zero-order valence-electron chi connectivity index (χ0n) is 11.5. The van der Waals surface area contributed by atoms with E-state index in [1.54, 1.807) is 11.3 Å². The van der Waals surface area contributed by atoms with Crippen LogP contribution in [-0.4, -0.2) is 18.3 Å². The minimum absolute atomic E-state index is 0.00928. The summed E-state index contributed by atoms with van der Waals surface area (Å²) in [6.07, 6.45) is 0. The van der Waals surface area contributed by atoms with Crippen LogP contribution < -0.4 is 9.47 Å². The van der Waals surface area contributed by atoms with Gasteiger partial charge in [0.25, 0.3) is 0 Å². The number of rotatable bonds is 6. The standard InChI is InChI=1S/C17H16O3S/c18-9-10-19-15-6-2-3-7-16(15)20-12-14-11-13-5-1-4-8-17(13)21-14/h1-8,11,18H,9-10,12H2. The van der Waals surface area contributed by atoms with Gasteiger partial charge in [-0.1, -0.05) is 30.3 Å². The van der Waals surface area contributed by atoms with Crippen LogP contribution in [0.3, 0.4) is 0 Å². The van der Waals surface area contributed by atoms with Crippen LogP contribution >= 0.6 is 11.3 Å². The summed E-state index contributed by atoms with van der Waals surface area (Å²) < 4.78 is 12.6. The van der Waals surface area contributed by atoms with E-state index in [1.807, 2.05) is 36.4 Å². The molecule has 3 nitrogen and oxygen atoms in total. The van der Waals surface area contributed by atoms with E-state index in [2.05, 4.69) is 18.2 Å². The lowest BCUT2D eigenvalue weighted by molar-refractivity contribution is 0.192. The van der Waals surface area contributed by atoms with Gasteiger partial charge in [0.15, 0.2) is 11.5 Å². The Morgan fingerprint density at radius 2 is 1.62 bits per heavy atom. The summed E-state index contributed by atoms with van der Waals surface area (Å²) in [4.78, 5) is 1.17. The second kappa shape index (κ2) is 6.61. The molecule has 3 rings (SSSR count). The molecule has 1 heterocycles. The Bertz CT molecular complexity index is 688. The Labute approximate surface area is 127 Å². The van der Waals surface area contributed by atoms with E-state index < -0.39 is 0 Å². The highest BCUT2D eigenvalue weighted by molar-refractivity contribution is 7.19. The Hall–Kier alpha value is -2.04. The van der Waals surface area contributed by atoms with Gasteiger partial charge in [-0.2, -0.15) is 0 Å². The van der Waals surface area contributed by atoms with Gasteiger partial charge < -0.3 is 14.6 Å².